The van der Waals surface area contributed by atoms with E-state index < -0.39 is 0 Å². The van der Waals surface area contributed by atoms with Gasteiger partial charge in [0.25, 0.3) is 0 Å². The van der Waals surface area contributed by atoms with Gasteiger partial charge in [-0.05, 0) is 62.3 Å². The van der Waals surface area contributed by atoms with Crippen molar-refractivity contribution in [1.82, 2.24) is 0 Å². The van der Waals surface area contributed by atoms with E-state index >= 15 is 0 Å². The summed E-state index contributed by atoms with van der Waals surface area (Å²) in [5, 5.41) is 0. The first-order valence-electron chi connectivity index (χ1n) is 15.5. The van der Waals surface area contributed by atoms with Gasteiger partial charge in [-0.15, -0.1) is 0 Å². The Hall–Kier alpha value is -1.02. The van der Waals surface area contributed by atoms with Gasteiger partial charge >= 0.3 is 0 Å². The largest absolute Gasteiger partial charge is 0.382 e. The van der Waals surface area contributed by atoms with Gasteiger partial charge in [0.2, 0.25) is 6.08 Å². The molecule has 0 aromatic rings. The molecule has 0 bridgehead atoms. The zero-order chi connectivity index (χ0) is 32.5. The Morgan fingerprint density at radius 2 is 0.721 bits per heavy atom. The van der Waals surface area contributed by atoms with E-state index in [-0.39, 0.29) is 54.9 Å². The summed E-state index contributed by atoms with van der Waals surface area (Å²) in [6.45, 7) is 22.7. The topological polar surface area (TPSA) is 122 Å². The monoisotopic (exact) mass is 623 g/mol. The number of isocyanates is 1. The molecule has 0 amide bonds. The van der Waals surface area contributed by atoms with Crippen LogP contribution in [0.2, 0.25) is 0 Å². The van der Waals surface area contributed by atoms with Crippen LogP contribution >= 0.6 is 0 Å². The third kappa shape index (κ3) is 27.0. The molecule has 0 fully saturated rings. The molecule has 0 spiro atoms. The second-order valence-electron chi connectivity index (χ2n) is 11.3. The normalized spacial score (nSPS) is 18.2. The maximum Gasteiger partial charge on any atom is 0.235 e. The first kappa shape index (κ1) is 42.0. The van der Waals surface area contributed by atoms with E-state index in [9.17, 15) is 4.79 Å². The minimum Gasteiger partial charge on any atom is -0.382 e. The van der Waals surface area contributed by atoms with E-state index in [4.69, 9.17) is 47.4 Å². The Kier molecular flexibility index (Phi) is 26.7. The maximum atomic E-state index is 10.3. The summed E-state index contributed by atoms with van der Waals surface area (Å²) in [6, 6.07) is -0.215. The summed E-state index contributed by atoms with van der Waals surface area (Å²) in [5.41, 5.74) is 0. The van der Waals surface area contributed by atoms with Crippen molar-refractivity contribution < 1.29 is 52.2 Å². The lowest BCUT2D eigenvalue weighted by Gasteiger charge is -2.23. The molecule has 0 rings (SSSR count). The molecular weight excluding hydrogens is 562 g/mol. The summed E-state index contributed by atoms with van der Waals surface area (Å²) in [7, 11) is 1.65. The summed E-state index contributed by atoms with van der Waals surface area (Å²) in [5.74, 6) is 0. The predicted molar refractivity (Wildman–Crippen MR) is 164 cm³/mol. The van der Waals surface area contributed by atoms with Crippen molar-refractivity contribution in [2.45, 2.75) is 117 Å². The molecule has 9 atom stereocenters. The summed E-state index contributed by atoms with van der Waals surface area (Å²) in [6.07, 6.45) is 0.967. The molecule has 0 aliphatic carbocycles. The van der Waals surface area contributed by atoms with E-state index in [1.54, 1.807) is 14.0 Å². The highest BCUT2D eigenvalue weighted by atomic mass is 16.6. The quantitative estimate of drug-likeness (QED) is 0.0663. The minimum atomic E-state index is -0.215. The average molecular weight is 624 g/mol. The van der Waals surface area contributed by atoms with Gasteiger partial charge in [-0.3, -0.25) is 0 Å². The fourth-order valence-electron chi connectivity index (χ4n) is 3.31. The highest BCUT2D eigenvalue weighted by Crippen LogP contribution is 2.06. The van der Waals surface area contributed by atoms with Crippen molar-refractivity contribution in [2.24, 2.45) is 4.99 Å². The smallest absolute Gasteiger partial charge is 0.235 e. The summed E-state index contributed by atoms with van der Waals surface area (Å²) < 4.78 is 57.0. The number of rotatable bonds is 30. The zero-order valence-corrected chi connectivity index (χ0v) is 28.4. The van der Waals surface area contributed by atoms with Gasteiger partial charge in [0.05, 0.1) is 128 Å². The molecule has 9 unspecified atom stereocenters. The van der Waals surface area contributed by atoms with Crippen LogP contribution in [0.1, 0.15) is 62.3 Å². The second kappa shape index (κ2) is 27.3. The zero-order valence-electron chi connectivity index (χ0n) is 28.4. The van der Waals surface area contributed by atoms with E-state index in [1.807, 2.05) is 55.4 Å². The predicted octanol–water partition coefficient (Wildman–Crippen LogP) is 3.61. The van der Waals surface area contributed by atoms with Crippen LogP contribution in [-0.2, 0) is 52.2 Å². The van der Waals surface area contributed by atoms with Crippen molar-refractivity contribution in [3.8, 4) is 0 Å². The third-order valence-corrected chi connectivity index (χ3v) is 5.99. The first-order valence-corrected chi connectivity index (χ1v) is 15.5. The molecule has 12 nitrogen and oxygen atoms in total. The van der Waals surface area contributed by atoms with Crippen LogP contribution in [-0.4, -0.2) is 141 Å². The fraction of sp³-hybridized carbons (Fsp3) is 0.968. The number of ether oxygens (including phenoxy) is 10. The van der Waals surface area contributed by atoms with Crippen LogP contribution in [0, 0.1) is 0 Å². The Morgan fingerprint density at radius 3 is 1.00 bits per heavy atom. The van der Waals surface area contributed by atoms with Gasteiger partial charge in [-0.25, -0.2) is 9.79 Å². The van der Waals surface area contributed by atoms with Gasteiger partial charge in [0.1, 0.15) is 0 Å². The van der Waals surface area contributed by atoms with Crippen molar-refractivity contribution in [3.05, 3.63) is 0 Å². The van der Waals surface area contributed by atoms with E-state index in [1.165, 1.54) is 6.08 Å². The molecule has 0 saturated heterocycles. The molecule has 0 aromatic heterocycles. The molecule has 43 heavy (non-hydrogen) atoms. The highest BCUT2D eigenvalue weighted by molar-refractivity contribution is 5.33. The third-order valence-electron chi connectivity index (χ3n) is 5.99. The van der Waals surface area contributed by atoms with Gasteiger partial charge in [-0.1, -0.05) is 0 Å². The van der Waals surface area contributed by atoms with Crippen LogP contribution < -0.4 is 0 Å². The Morgan fingerprint density at radius 1 is 0.442 bits per heavy atom. The Labute approximate surface area is 260 Å². The molecule has 12 heteroatoms. The summed E-state index contributed by atoms with van der Waals surface area (Å²) >= 11 is 0. The lowest BCUT2D eigenvalue weighted by molar-refractivity contribution is -0.110. The van der Waals surface area contributed by atoms with Crippen LogP contribution in [0.3, 0.4) is 0 Å². The standard InChI is InChI=1S/C31H61NO11/c1-23(32-22-33)13-36-25(3)15-38-27(5)17-40-29(7)19-42-31(9)21-43-30(8)20-41-28(6)18-39-26(4)16-37-24(2)14-35-12-11-34-10/h23-31H,11-21H2,1-10H3. The summed E-state index contributed by atoms with van der Waals surface area (Å²) in [4.78, 5) is 13.9. The fourth-order valence-corrected chi connectivity index (χ4v) is 3.31. The molecule has 0 radical (unpaired) electrons. The van der Waals surface area contributed by atoms with Crippen molar-refractivity contribution in [1.29, 1.82) is 0 Å². The number of hydrogen-bond acceptors (Lipinski definition) is 12. The van der Waals surface area contributed by atoms with E-state index in [0.29, 0.717) is 72.7 Å². The van der Waals surface area contributed by atoms with Crippen LogP contribution in [0.15, 0.2) is 4.99 Å². The Balaban J connectivity index is 3.89. The number of hydrogen-bond donors (Lipinski definition) is 0. The van der Waals surface area contributed by atoms with Crippen molar-refractivity contribution >= 4 is 6.08 Å². The molecule has 0 aliphatic heterocycles. The molecule has 256 valence electrons. The van der Waals surface area contributed by atoms with Gasteiger partial charge < -0.3 is 47.4 Å². The van der Waals surface area contributed by atoms with Gasteiger partial charge in [0.15, 0.2) is 0 Å². The minimum absolute atomic E-state index is 0.00657. The number of aliphatic imine (C=N–C) groups is 1. The first-order chi connectivity index (χ1) is 20.5. The van der Waals surface area contributed by atoms with E-state index in [2.05, 4.69) is 4.99 Å². The second-order valence-corrected chi connectivity index (χ2v) is 11.3. The van der Waals surface area contributed by atoms with Crippen LogP contribution in [0.4, 0.5) is 0 Å². The maximum absolute atomic E-state index is 10.3. The lowest BCUT2D eigenvalue weighted by atomic mass is 10.3. The Bertz CT molecular complexity index is 682. The molecule has 0 N–H and O–H groups in total. The molecule has 0 aromatic carbocycles. The average Bonchev–Trinajstić information content (AvgIpc) is 2.98. The van der Waals surface area contributed by atoms with E-state index in [0.717, 1.165) is 0 Å². The van der Waals surface area contributed by atoms with Crippen molar-refractivity contribution in [3.63, 3.8) is 0 Å². The van der Waals surface area contributed by atoms with Crippen LogP contribution in [0.25, 0.3) is 0 Å². The SMILES string of the molecule is COCCOCC(C)OCC(C)OCC(C)OCC(C)OCC(C)OCC(C)OCC(C)OCC(C)OCC(C)N=C=O. The lowest BCUT2D eigenvalue weighted by Crippen LogP contribution is -2.30. The molecule has 0 heterocycles. The highest BCUT2D eigenvalue weighted by Gasteiger charge is 2.15. The number of nitrogens with zero attached hydrogens (tertiary/aromatic N) is 1. The number of carbonyl (C=O) groups excluding carboxylic acids is 1. The molecule has 0 saturated carbocycles. The molecular formula is C31H61NO11. The van der Waals surface area contributed by atoms with Gasteiger partial charge in [0, 0.05) is 7.11 Å². The number of methoxy groups -OCH3 is 1. The van der Waals surface area contributed by atoms with Gasteiger partial charge in [-0.2, -0.15) is 0 Å². The molecule has 0 aliphatic rings. The van der Waals surface area contributed by atoms with Crippen LogP contribution in [0.5, 0.6) is 0 Å². The van der Waals surface area contributed by atoms with Crippen molar-refractivity contribution in [2.75, 3.05) is 79.8 Å².